The van der Waals surface area contributed by atoms with Crippen LogP contribution in [0.3, 0.4) is 0 Å². The van der Waals surface area contributed by atoms with Crippen LogP contribution in [-0.4, -0.2) is 96.5 Å². The first-order valence-corrected chi connectivity index (χ1v) is 8.91. The lowest BCUT2D eigenvalue weighted by Crippen LogP contribution is -2.51. The average molecular weight is 361 g/mol. The Morgan fingerprint density at radius 2 is 2.08 bits per heavy atom. The van der Waals surface area contributed by atoms with E-state index in [-0.39, 0.29) is 29.9 Å². The number of amides is 2. The van der Waals surface area contributed by atoms with E-state index in [1.54, 1.807) is 17.3 Å². The van der Waals surface area contributed by atoms with Crippen molar-refractivity contribution in [1.82, 2.24) is 24.7 Å². The van der Waals surface area contributed by atoms with Crippen molar-refractivity contribution < 1.29 is 14.3 Å². The number of carbonyl (C=O) groups is 2. The van der Waals surface area contributed by atoms with E-state index in [2.05, 4.69) is 14.9 Å². The van der Waals surface area contributed by atoms with Gasteiger partial charge >= 0.3 is 0 Å². The molecule has 1 spiro atoms. The molecule has 3 rings (SSSR count). The zero-order valence-electron chi connectivity index (χ0n) is 15.7. The highest BCUT2D eigenvalue weighted by Crippen LogP contribution is 2.36. The summed E-state index contributed by atoms with van der Waals surface area (Å²) in [5.74, 6) is 0.115. The summed E-state index contributed by atoms with van der Waals surface area (Å²) in [6.07, 6.45) is 6.03. The molecule has 1 aromatic heterocycles. The molecule has 8 nitrogen and oxygen atoms in total. The zero-order chi connectivity index (χ0) is 18.7. The van der Waals surface area contributed by atoms with Gasteiger partial charge in [0.25, 0.3) is 0 Å². The summed E-state index contributed by atoms with van der Waals surface area (Å²) in [6, 6.07) is 0.153. The van der Waals surface area contributed by atoms with E-state index in [0.717, 1.165) is 5.56 Å². The van der Waals surface area contributed by atoms with Crippen LogP contribution in [0.2, 0.25) is 0 Å². The van der Waals surface area contributed by atoms with Crippen LogP contribution < -0.4 is 0 Å². The van der Waals surface area contributed by atoms with Gasteiger partial charge in [0, 0.05) is 57.0 Å². The molecule has 2 amide bonds. The van der Waals surface area contributed by atoms with Crippen molar-refractivity contribution in [2.45, 2.75) is 18.9 Å². The van der Waals surface area contributed by atoms with Crippen LogP contribution in [0.5, 0.6) is 0 Å². The Kier molecular flexibility index (Phi) is 5.52. The molecule has 0 aliphatic carbocycles. The Bertz CT molecular complexity index is 653. The second-order valence-electron chi connectivity index (χ2n) is 7.61. The Labute approximate surface area is 154 Å². The number of carbonyl (C=O) groups excluding carboxylic acids is 2. The summed E-state index contributed by atoms with van der Waals surface area (Å²) in [5, 5.41) is 0. The fourth-order valence-corrected chi connectivity index (χ4v) is 4.08. The molecule has 3 heterocycles. The molecule has 2 aliphatic heterocycles. The van der Waals surface area contributed by atoms with Gasteiger partial charge < -0.3 is 19.4 Å². The summed E-state index contributed by atoms with van der Waals surface area (Å²) < 4.78 is 5.68. The monoisotopic (exact) mass is 361 g/mol. The van der Waals surface area contributed by atoms with Crippen LogP contribution in [0.25, 0.3) is 0 Å². The molecule has 8 heteroatoms. The van der Waals surface area contributed by atoms with Gasteiger partial charge in [-0.3, -0.25) is 9.59 Å². The number of hydrogen-bond acceptors (Lipinski definition) is 6. The van der Waals surface area contributed by atoms with Crippen LogP contribution in [0.15, 0.2) is 18.7 Å². The lowest BCUT2D eigenvalue weighted by Gasteiger charge is -2.37. The Morgan fingerprint density at radius 3 is 2.77 bits per heavy atom. The highest BCUT2D eigenvalue weighted by molar-refractivity contribution is 5.78. The minimum Gasteiger partial charge on any atom is -0.371 e. The second-order valence-corrected chi connectivity index (χ2v) is 7.61. The normalized spacial score (nSPS) is 26.6. The molecule has 142 valence electrons. The van der Waals surface area contributed by atoms with Crippen molar-refractivity contribution in [2.24, 2.45) is 5.41 Å². The van der Waals surface area contributed by atoms with Crippen LogP contribution in [0.4, 0.5) is 0 Å². The Hall–Kier alpha value is -2.06. The summed E-state index contributed by atoms with van der Waals surface area (Å²) in [6.45, 7) is 2.47. The van der Waals surface area contributed by atoms with E-state index in [1.807, 2.05) is 26.0 Å². The maximum Gasteiger partial charge on any atom is 0.248 e. The van der Waals surface area contributed by atoms with Crippen molar-refractivity contribution in [3.63, 3.8) is 0 Å². The van der Waals surface area contributed by atoms with Gasteiger partial charge in [-0.15, -0.1) is 0 Å². The summed E-state index contributed by atoms with van der Waals surface area (Å²) in [7, 11) is 5.86. The van der Waals surface area contributed by atoms with Gasteiger partial charge in [-0.25, -0.2) is 9.97 Å². The number of nitrogens with zero attached hydrogens (tertiary/aromatic N) is 5. The van der Waals surface area contributed by atoms with Gasteiger partial charge in [0.1, 0.15) is 12.9 Å². The first-order valence-electron chi connectivity index (χ1n) is 8.91. The lowest BCUT2D eigenvalue weighted by molar-refractivity contribution is -0.132. The molecule has 0 saturated carbocycles. The number of ether oxygens (including phenoxy) is 1. The highest BCUT2D eigenvalue weighted by Gasteiger charge is 2.51. The van der Waals surface area contributed by atoms with Crippen LogP contribution in [-0.2, 0) is 20.7 Å². The predicted octanol–water partition coefficient (Wildman–Crippen LogP) is -0.343. The van der Waals surface area contributed by atoms with Crippen molar-refractivity contribution in [3.8, 4) is 0 Å². The number of rotatable bonds is 4. The van der Waals surface area contributed by atoms with Crippen molar-refractivity contribution >= 4 is 11.8 Å². The largest absolute Gasteiger partial charge is 0.371 e. The van der Waals surface area contributed by atoms with E-state index < -0.39 is 0 Å². The number of aromatic nitrogens is 2. The quantitative estimate of drug-likeness (QED) is 0.730. The Balaban J connectivity index is 1.70. The maximum atomic E-state index is 12.8. The molecule has 26 heavy (non-hydrogen) atoms. The molecule has 0 radical (unpaired) electrons. The second kappa shape index (κ2) is 7.67. The van der Waals surface area contributed by atoms with E-state index >= 15 is 0 Å². The topological polar surface area (TPSA) is 78.9 Å². The standard InChI is InChI=1S/C18H27N5O3/c1-21(2)15-8-23(16(24)5-4-14-6-19-13-20-7-14)11-18(15)10-22(3)17(25)9-26-12-18/h6-7,13,15H,4-5,8-12H2,1-3H3/t15-,18-/m1/s1. The SMILES string of the molecule is CN1C[C@]2(COCC1=O)CN(C(=O)CCc1cncnc1)C[C@H]2N(C)C. The fraction of sp³-hybridized carbons (Fsp3) is 0.667. The maximum absolute atomic E-state index is 12.8. The summed E-state index contributed by atoms with van der Waals surface area (Å²) in [4.78, 5) is 38.6. The summed E-state index contributed by atoms with van der Waals surface area (Å²) >= 11 is 0. The first kappa shape index (κ1) is 18.7. The molecule has 2 aliphatic rings. The molecular formula is C18H27N5O3. The smallest absolute Gasteiger partial charge is 0.248 e. The molecule has 0 N–H and O–H groups in total. The predicted molar refractivity (Wildman–Crippen MR) is 95.3 cm³/mol. The number of likely N-dealkylation sites (N-methyl/N-ethyl adjacent to an activating group) is 2. The highest BCUT2D eigenvalue weighted by atomic mass is 16.5. The third-order valence-electron chi connectivity index (χ3n) is 5.42. The molecule has 2 saturated heterocycles. The molecule has 2 atom stereocenters. The van der Waals surface area contributed by atoms with E-state index in [1.165, 1.54) is 6.33 Å². The third-order valence-corrected chi connectivity index (χ3v) is 5.42. The van der Waals surface area contributed by atoms with Gasteiger partial charge in [-0.05, 0) is 26.1 Å². The van der Waals surface area contributed by atoms with E-state index in [0.29, 0.717) is 39.1 Å². The molecular weight excluding hydrogens is 334 g/mol. The lowest BCUT2D eigenvalue weighted by atomic mass is 9.82. The average Bonchev–Trinajstić information content (AvgIpc) is 2.93. The van der Waals surface area contributed by atoms with Gasteiger partial charge in [0.2, 0.25) is 11.8 Å². The van der Waals surface area contributed by atoms with Crippen LogP contribution >= 0.6 is 0 Å². The minimum atomic E-state index is -0.254. The van der Waals surface area contributed by atoms with E-state index in [4.69, 9.17) is 4.74 Å². The minimum absolute atomic E-state index is 0.00626. The third kappa shape index (κ3) is 3.86. The molecule has 0 bridgehead atoms. The fourth-order valence-electron chi connectivity index (χ4n) is 4.08. The van der Waals surface area contributed by atoms with Gasteiger partial charge in [0.15, 0.2) is 0 Å². The van der Waals surface area contributed by atoms with Gasteiger partial charge in [0.05, 0.1) is 6.61 Å². The van der Waals surface area contributed by atoms with Crippen LogP contribution in [0, 0.1) is 5.41 Å². The molecule has 0 aromatic carbocycles. The van der Waals surface area contributed by atoms with Crippen molar-refractivity contribution in [1.29, 1.82) is 0 Å². The first-order chi connectivity index (χ1) is 12.4. The number of likely N-dealkylation sites (tertiary alicyclic amines) is 1. The Morgan fingerprint density at radius 1 is 1.35 bits per heavy atom. The van der Waals surface area contributed by atoms with Crippen molar-refractivity contribution in [2.75, 3.05) is 54.0 Å². The number of aryl methyl sites for hydroxylation is 1. The van der Waals surface area contributed by atoms with E-state index in [9.17, 15) is 9.59 Å². The molecule has 1 aromatic rings. The summed E-state index contributed by atoms with van der Waals surface area (Å²) in [5.41, 5.74) is 0.706. The molecule has 2 fully saturated rings. The zero-order valence-corrected chi connectivity index (χ0v) is 15.7. The van der Waals surface area contributed by atoms with Gasteiger partial charge in [-0.1, -0.05) is 0 Å². The van der Waals surface area contributed by atoms with Gasteiger partial charge in [-0.2, -0.15) is 0 Å². The molecule has 0 unspecified atom stereocenters. The number of hydrogen-bond donors (Lipinski definition) is 0. The van der Waals surface area contributed by atoms with Crippen LogP contribution in [0.1, 0.15) is 12.0 Å². The van der Waals surface area contributed by atoms with Crippen molar-refractivity contribution in [3.05, 3.63) is 24.3 Å².